The van der Waals surface area contributed by atoms with Crippen molar-refractivity contribution in [2.75, 3.05) is 40.9 Å². The van der Waals surface area contributed by atoms with Gasteiger partial charge in [-0.25, -0.2) is 0 Å². The van der Waals surface area contributed by atoms with Crippen LogP contribution in [-0.4, -0.2) is 68.5 Å². The van der Waals surface area contributed by atoms with Crippen molar-refractivity contribution in [3.05, 3.63) is 97.2 Å². The molecule has 398 valence electrons. The summed E-state index contributed by atoms with van der Waals surface area (Å²) in [5.74, 6) is -0.213. The molecule has 0 radical (unpaired) electrons. The summed E-state index contributed by atoms with van der Waals surface area (Å²) in [4.78, 5) is 25.5. The number of hydrogen-bond donors (Lipinski definition) is 2. The number of aliphatic hydroxyl groups excluding tert-OH is 1. The van der Waals surface area contributed by atoms with Gasteiger partial charge in [-0.3, -0.25) is 9.36 Å². The number of aliphatic hydroxyl groups is 1. The fraction of sp³-hybridized carbons (Fsp3) is 0.717. The van der Waals surface area contributed by atoms with Gasteiger partial charge in [-0.1, -0.05) is 233 Å². The zero-order valence-corrected chi connectivity index (χ0v) is 46.1. The molecular formula is C60H107N2O6P. The molecule has 0 fully saturated rings. The number of likely N-dealkylation sites (N-methyl/N-ethyl adjacent to an activating group) is 1. The first kappa shape index (κ1) is 66.4. The Bertz CT molecular complexity index is 1440. The van der Waals surface area contributed by atoms with Gasteiger partial charge in [-0.15, -0.1) is 0 Å². The maximum absolute atomic E-state index is 12.9. The van der Waals surface area contributed by atoms with Crippen LogP contribution in [-0.2, 0) is 18.4 Å². The normalized spacial score (nSPS) is 14.7. The van der Waals surface area contributed by atoms with Crippen molar-refractivity contribution >= 4 is 13.7 Å². The van der Waals surface area contributed by atoms with Crippen molar-refractivity contribution in [3.63, 3.8) is 0 Å². The first-order valence-electron chi connectivity index (χ1n) is 28.1. The molecular weight excluding hydrogens is 876 g/mol. The Morgan fingerprint density at radius 1 is 0.522 bits per heavy atom. The number of allylic oxidation sites excluding steroid dienone is 15. The summed E-state index contributed by atoms with van der Waals surface area (Å²) < 4.78 is 23.3. The van der Waals surface area contributed by atoms with E-state index >= 15 is 0 Å². The highest BCUT2D eigenvalue weighted by Gasteiger charge is 2.23. The van der Waals surface area contributed by atoms with Gasteiger partial charge in [0, 0.05) is 6.42 Å². The molecule has 0 heterocycles. The molecule has 3 unspecified atom stereocenters. The van der Waals surface area contributed by atoms with E-state index in [9.17, 15) is 19.4 Å². The lowest BCUT2D eigenvalue weighted by Gasteiger charge is -2.29. The average Bonchev–Trinajstić information content (AvgIpc) is 3.31. The van der Waals surface area contributed by atoms with E-state index in [1.165, 1.54) is 128 Å². The van der Waals surface area contributed by atoms with Crippen LogP contribution in [0.3, 0.4) is 0 Å². The zero-order chi connectivity index (χ0) is 50.6. The average molecular weight is 983 g/mol. The summed E-state index contributed by atoms with van der Waals surface area (Å²) in [6.45, 7) is 4.51. The molecule has 69 heavy (non-hydrogen) atoms. The lowest BCUT2D eigenvalue weighted by Crippen LogP contribution is -2.45. The number of phosphoric ester groups is 1. The Morgan fingerprint density at radius 3 is 1.35 bits per heavy atom. The quantitative estimate of drug-likeness (QED) is 0.0272. The summed E-state index contributed by atoms with van der Waals surface area (Å²) in [5, 5.41) is 13.8. The Labute approximate surface area is 426 Å². The van der Waals surface area contributed by atoms with Crippen molar-refractivity contribution in [2.24, 2.45) is 0 Å². The zero-order valence-electron chi connectivity index (χ0n) is 45.2. The Balaban J connectivity index is 4.21. The van der Waals surface area contributed by atoms with Gasteiger partial charge < -0.3 is 28.8 Å². The van der Waals surface area contributed by atoms with Crippen molar-refractivity contribution in [3.8, 4) is 0 Å². The number of quaternary nitrogens is 1. The van der Waals surface area contributed by atoms with Gasteiger partial charge in [-0.2, -0.15) is 0 Å². The number of nitrogens with one attached hydrogen (secondary N) is 1. The first-order chi connectivity index (χ1) is 33.5. The molecule has 0 rings (SSSR count). The van der Waals surface area contributed by atoms with Gasteiger partial charge in [0.25, 0.3) is 7.82 Å². The summed E-state index contributed by atoms with van der Waals surface area (Å²) in [6.07, 6.45) is 71.9. The third kappa shape index (κ3) is 53.1. The number of carbonyl (C=O) groups excluding carboxylic acids is 1. The topological polar surface area (TPSA) is 108 Å². The summed E-state index contributed by atoms with van der Waals surface area (Å²) in [6, 6.07) is -0.910. The van der Waals surface area contributed by atoms with Crippen LogP contribution in [0.5, 0.6) is 0 Å². The van der Waals surface area contributed by atoms with Crippen LogP contribution in [0.15, 0.2) is 97.2 Å². The van der Waals surface area contributed by atoms with Gasteiger partial charge in [0.1, 0.15) is 13.2 Å². The lowest BCUT2D eigenvalue weighted by atomic mass is 10.0. The third-order valence-corrected chi connectivity index (χ3v) is 13.0. The maximum Gasteiger partial charge on any atom is 0.268 e. The van der Waals surface area contributed by atoms with Crippen molar-refractivity contribution in [2.45, 2.75) is 238 Å². The molecule has 0 aliphatic rings. The van der Waals surface area contributed by atoms with Gasteiger partial charge in [0.2, 0.25) is 5.91 Å². The van der Waals surface area contributed by atoms with Crippen LogP contribution in [0.4, 0.5) is 0 Å². The molecule has 2 N–H and O–H groups in total. The predicted molar refractivity (Wildman–Crippen MR) is 297 cm³/mol. The third-order valence-electron chi connectivity index (χ3n) is 12.0. The number of nitrogens with zero attached hydrogens (tertiary/aromatic N) is 1. The molecule has 0 saturated carbocycles. The second kappa shape index (κ2) is 50.4. The van der Waals surface area contributed by atoms with Crippen LogP contribution >= 0.6 is 7.82 Å². The van der Waals surface area contributed by atoms with Crippen molar-refractivity contribution in [1.29, 1.82) is 0 Å². The van der Waals surface area contributed by atoms with Crippen LogP contribution in [0, 0.1) is 0 Å². The molecule has 8 nitrogen and oxygen atoms in total. The SMILES string of the molecule is CC/C=C\C/C=C\C/C=C\C/C=C\C/C=C\C/C=C\CCCCCCCCCCCCCCC(=O)NC(COP(=O)([O-])OCC[N+](C)(C)C)C(O)/C=C/CC/C=C/CCCCCCCCCCCC. The second-order valence-corrected chi connectivity index (χ2v) is 21.3. The molecule has 0 spiro atoms. The second-order valence-electron chi connectivity index (χ2n) is 19.9. The van der Waals surface area contributed by atoms with E-state index < -0.39 is 26.6 Å². The largest absolute Gasteiger partial charge is 0.756 e. The number of unbranched alkanes of at least 4 members (excludes halogenated alkanes) is 23. The summed E-state index contributed by atoms with van der Waals surface area (Å²) in [7, 11) is 1.23. The van der Waals surface area contributed by atoms with Crippen LogP contribution in [0.2, 0.25) is 0 Å². The highest BCUT2D eigenvalue weighted by atomic mass is 31.2. The van der Waals surface area contributed by atoms with E-state index in [2.05, 4.69) is 104 Å². The molecule has 9 heteroatoms. The van der Waals surface area contributed by atoms with E-state index in [1.807, 2.05) is 27.2 Å². The minimum atomic E-state index is -4.61. The Kier molecular flexibility index (Phi) is 48.5. The fourth-order valence-corrected chi connectivity index (χ4v) is 8.37. The number of phosphoric acid groups is 1. The number of rotatable bonds is 50. The molecule has 0 aliphatic heterocycles. The van der Waals surface area contributed by atoms with Crippen LogP contribution < -0.4 is 10.2 Å². The Hall–Kier alpha value is -2.58. The fourth-order valence-electron chi connectivity index (χ4n) is 7.64. The van der Waals surface area contributed by atoms with Crippen molar-refractivity contribution in [1.82, 2.24) is 5.32 Å². The van der Waals surface area contributed by atoms with Gasteiger partial charge >= 0.3 is 0 Å². The maximum atomic E-state index is 12.9. The molecule has 3 atom stereocenters. The smallest absolute Gasteiger partial charge is 0.268 e. The summed E-state index contributed by atoms with van der Waals surface area (Å²) in [5.41, 5.74) is 0. The van der Waals surface area contributed by atoms with E-state index in [0.29, 0.717) is 17.4 Å². The van der Waals surface area contributed by atoms with E-state index in [-0.39, 0.29) is 12.5 Å². The molecule has 0 aromatic rings. The molecule has 0 aromatic heterocycles. The molecule has 0 saturated heterocycles. The minimum Gasteiger partial charge on any atom is -0.756 e. The monoisotopic (exact) mass is 983 g/mol. The van der Waals surface area contributed by atoms with E-state index in [1.54, 1.807) is 6.08 Å². The predicted octanol–water partition coefficient (Wildman–Crippen LogP) is 16.4. The molecule has 0 bridgehead atoms. The highest BCUT2D eigenvalue weighted by Crippen LogP contribution is 2.38. The van der Waals surface area contributed by atoms with Crippen molar-refractivity contribution < 1.29 is 32.9 Å². The molecule has 0 aromatic carbocycles. The van der Waals surface area contributed by atoms with Crippen LogP contribution in [0.25, 0.3) is 0 Å². The van der Waals surface area contributed by atoms with Gasteiger partial charge in [0.15, 0.2) is 0 Å². The standard InChI is InChI=1S/C60H107N2O6P/c1-6-8-10-12-14-16-18-20-22-24-25-26-27-28-29-30-31-32-33-34-35-36-37-38-40-42-44-46-48-50-52-54-60(64)61-58(57-68-69(65,66)67-56-55-62(3,4)5)59(63)53-51-49-47-45-43-41-39-23-21-19-17-15-13-11-9-7-2/h8,10,14,16,20,22,25-26,28-29,31-32,43,45,51,53,58-59,63H,6-7,9,11-13,15,17-19,21,23-24,27,30,33-42,44,46-50,52,54-57H2,1-5H3,(H-,61,64,65,66)/b10-8-,16-14-,22-20-,26-25-,29-28-,32-31-,45-43+,53-51+. The van der Waals surface area contributed by atoms with E-state index in [0.717, 1.165) is 77.0 Å². The lowest BCUT2D eigenvalue weighted by molar-refractivity contribution is -0.870. The molecule has 0 aliphatic carbocycles. The number of carbonyl (C=O) groups is 1. The first-order valence-corrected chi connectivity index (χ1v) is 29.6. The summed E-state index contributed by atoms with van der Waals surface area (Å²) >= 11 is 0. The van der Waals surface area contributed by atoms with Gasteiger partial charge in [-0.05, 0) is 83.5 Å². The number of amides is 1. The minimum absolute atomic E-state index is 0.0106. The molecule has 1 amide bonds. The highest BCUT2D eigenvalue weighted by molar-refractivity contribution is 7.45. The van der Waals surface area contributed by atoms with E-state index in [4.69, 9.17) is 9.05 Å². The number of hydrogen-bond acceptors (Lipinski definition) is 6. The van der Waals surface area contributed by atoms with Gasteiger partial charge in [0.05, 0.1) is 39.9 Å². The Morgan fingerprint density at radius 2 is 0.899 bits per heavy atom. The van der Waals surface area contributed by atoms with Crippen LogP contribution in [0.1, 0.15) is 226 Å².